The molecule has 0 saturated carbocycles. The van der Waals surface area contributed by atoms with Crippen LogP contribution in [0.1, 0.15) is 45.7 Å². The molecule has 0 aliphatic carbocycles. The molecule has 0 fully saturated rings. The van der Waals surface area contributed by atoms with Gasteiger partial charge in [0.05, 0.1) is 0 Å². The fourth-order valence-corrected chi connectivity index (χ4v) is 2.61. The Morgan fingerprint density at radius 2 is 1.50 bits per heavy atom. The van der Waals surface area contributed by atoms with Crippen LogP contribution in [0.15, 0.2) is 42.5 Å². The predicted octanol–water partition coefficient (Wildman–Crippen LogP) is 4.04. The van der Waals surface area contributed by atoms with Crippen LogP contribution in [0.4, 0.5) is 5.69 Å². The molecule has 0 aliphatic rings. The molecule has 2 aromatic carbocycles. The summed E-state index contributed by atoms with van der Waals surface area (Å²) in [7, 11) is 0. The van der Waals surface area contributed by atoms with Crippen molar-refractivity contribution in [3.05, 3.63) is 64.7 Å². The van der Waals surface area contributed by atoms with Gasteiger partial charge in [-0.05, 0) is 63.6 Å². The quantitative estimate of drug-likeness (QED) is 0.902. The molecule has 0 unspecified atom stereocenters. The van der Waals surface area contributed by atoms with Crippen molar-refractivity contribution in [2.75, 3.05) is 18.4 Å². The van der Waals surface area contributed by atoms with Crippen LogP contribution in [-0.4, -0.2) is 29.8 Å². The number of nitrogens with one attached hydrogen (secondary N) is 1. The smallest absolute Gasteiger partial charge is 0.255 e. The highest BCUT2D eigenvalue weighted by Gasteiger charge is 2.13. The van der Waals surface area contributed by atoms with Crippen molar-refractivity contribution in [1.82, 2.24) is 4.90 Å². The molecule has 0 heterocycles. The van der Waals surface area contributed by atoms with Gasteiger partial charge in [0, 0.05) is 29.9 Å². The molecule has 2 amide bonds. The second-order valence-corrected chi connectivity index (χ2v) is 5.83. The summed E-state index contributed by atoms with van der Waals surface area (Å²) in [5.41, 5.74) is 4.11. The van der Waals surface area contributed by atoms with E-state index in [4.69, 9.17) is 0 Å². The molecule has 1 N–H and O–H groups in total. The molecule has 4 nitrogen and oxygen atoms in total. The lowest BCUT2D eigenvalue weighted by Crippen LogP contribution is -2.30. The van der Waals surface area contributed by atoms with Crippen molar-refractivity contribution in [3.63, 3.8) is 0 Å². The first-order chi connectivity index (χ1) is 11.5. The minimum atomic E-state index is -0.177. The first-order valence-corrected chi connectivity index (χ1v) is 8.24. The Morgan fingerprint density at radius 1 is 0.917 bits per heavy atom. The van der Waals surface area contributed by atoms with E-state index in [0.29, 0.717) is 24.2 Å². The molecule has 2 aromatic rings. The molecule has 0 spiro atoms. The van der Waals surface area contributed by atoms with Crippen molar-refractivity contribution in [2.24, 2.45) is 0 Å². The lowest BCUT2D eigenvalue weighted by Gasteiger charge is -2.18. The highest BCUT2D eigenvalue weighted by Crippen LogP contribution is 2.17. The topological polar surface area (TPSA) is 49.4 Å². The van der Waals surface area contributed by atoms with Crippen LogP contribution < -0.4 is 5.32 Å². The Kier molecular flexibility index (Phi) is 5.74. The summed E-state index contributed by atoms with van der Waals surface area (Å²) in [6.07, 6.45) is 0. The fourth-order valence-electron chi connectivity index (χ4n) is 2.61. The van der Waals surface area contributed by atoms with Crippen molar-refractivity contribution in [3.8, 4) is 0 Å². The standard InChI is InChI=1S/C20H24N2O2/c1-5-22(6-2)20(24)17-10-8-16(9-11-17)19(23)21-18-12-7-14(3)13-15(18)4/h7-13H,5-6H2,1-4H3,(H,21,23). The van der Waals surface area contributed by atoms with E-state index in [-0.39, 0.29) is 11.8 Å². The number of hydrogen-bond acceptors (Lipinski definition) is 2. The fraction of sp³-hybridized carbons (Fsp3) is 0.300. The summed E-state index contributed by atoms with van der Waals surface area (Å²) >= 11 is 0. The molecule has 0 radical (unpaired) electrons. The Labute approximate surface area is 143 Å². The first kappa shape index (κ1) is 17.7. The maximum absolute atomic E-state index is 12.4. The first-order valence-electron chi connectivity index (χ1n) is 8.24. The Balaban J connectivity index is 2.12. The molecule has 0 saturated heterocycles. The molecule has 0 atom stereocenters. The maximum atomic E-state index is 12.4. The molecular formula is C20H24N2O2. The molecule has 4 heteroatoms. The molecule has 0 aliphatic heterocycles. The van der Waals surface area contributed by atoms with Gasteiger partial charge in [0.25, 0.3) is 11.8 Å². The minimum Gasteiger partial charge on any atom is -0.339 e. The maximum Gasteiger partial charge on any atom is 0.255 e. The molecule has 126 valence electrons. The molecule has 0 bridgehead atoms. The lowest BCUT2D eigenvalue weighted by atomic mass is 10.1. The van der Waals surface area contributed by atoms with Crippen LogP contribution in [-0.2, 0) is 0 Å². The molecule has 0 aromatic heterocycles. The zero-order chi connectivity index (χ0) is 17.7. The van der Waals surface area contributed by atoms with Gasteiger partial charge in [-0.25, -0.2) is 0 Å². The Morgan fingerprint density at radius 3 is 2.04 bits per heavy atom. The van der Waals surface area contributed by atoms with Crippen LogP contribution >= 0.6 is 0 Å². The third-order valence-corrected chi connectivity index (χ3v) is 4.07. The summed E-state index contributed by atoms with van der Waals surface area (Å²) in [5.74, 6) is -0.190. The van der Waals surface area contributed by atoms with E-state index in [2.05, 4.69) is 5.32 Å². The minimum absolute atomic E-state index is 0.0127. The number of nitrogens with zero attached hydrogens (tertiary/aromatic N) is 1. The highest BCUT2D eigenvalue weighted by atomic mass is 16.2. The van der Waals surface area contributed by atoms with Gasteiger partial charge in [0.1, 0.15) is 0 Å². The average molecular weight is 324 g/mol. The molecule has 24 heavy (non-hydrogen) atoms. The summed E-state index contributed by atoms with van der Waals surface area (Å²) in [4.78, 5) is 26.4. The largest absolute Gasteiger partial charge is 0.339 e. The van der Waals surface area contributed by atoms with Gasteiger partial charge in [-0.15, -0.1) is 0 Å². The van der Waals surface area contributed by atoms with E-state index in [9.17, 15) is 9.59 Å². The van der Waals surface area contributed by atoms with Gasteiger partial charge in [0.15, 0.2) is 0 Å². The highest BCUT2D eigenvalue weighted by molar-refractivity contribution is 6.05. The second-order valence-electron chi connectivity index (χ2n) is 5.83. The van der Waals surface area contributed by atoms with Gasteiger partial charge >= 0.3 is 0 Å². The Bertz CT molecular complexity index is 732. The van der Waals surface area contributed by atoms with E-state index in [1.165, 1.54) is 0 Å². The number of amides is 2. The van der Waals surface area contributed by atoms with Gasteiger partial charge < -0.3 is 10.2 Å². The third kappa shape index (κ3) is 4.02. The van der Waals surface area contributed by atoms with Crippen molar-refractivity contribution in [1.29, 1.82) is 0 Å². The number of carbonyl (C=O) groups excluding carboxylic acids is 2. The van der Waals surface area contributed by atoms with Gasteiger partial charge in [-0.3, -0.25) is 9.59 Å². The van der Waals surface area contributed by atoms with E-state index in [1.807, 2.05) is 45.9 Å². The number of benzene rings is 2. The number of aryl methyl sites for hydroxylation is 2. The monoisotopic (exact) mass is 324 g/mol. The average Bonchev–Trinajstić information content (AvgIpc) is 2.58. The van der Waals surface area contributed by atoms with Crippen molar-refractivity contribution >= 4 is 17.5 Å². The van der Waals surface area contributed by atoms with Crippen molar-refractivity contribution in [2.45, 2.75) is 27.7 Å². The van der Waals surface area contributed by atoms with Crippen LogP contribution in [0.5, 0.6) is 0 Å². The number of rotatable bonds is 5. The van der Waals surface area contributed by atoms with E-state index in [0.717, 1.165) is 16.8 Å². The lowest BCUT2D eigenvalue weighted by molar-refractivity contribution is 0.0772. The molecule has 2 rings (SSSR count). The zero-order valence-corrected chi connectivity index (χ0v) is 14.7. The van der Waals surface area contributed by atoms with Crippen LogP contribution in [0.3, 0.4) is 0 Å². The Hall–Kier alpha value is -2.62. The second kappa shape index (κ2) is 7.77. The molecular weight excluding hydrogens is 300 g/mol. The van der Waals surface area contributed by atoms with E-state index in [1.54, 1.807) is 29.2 Å². The normalized spacial score (nSPS) is 10.3. The predicted molar refractivity (Wildman–Crippen MR) is 97.6 cm³/mol. The number of hydrogen-bond donors (Lipinski definition) is 1. The number of anilines is 1. The zero-order valence-electron chi connectivity index (χ0n) is 14.7. The summed E-state index contributed by atoms with van der Waals surface area (Å²) in [6, 6.07) is 12.7. The van der Waals surface area contributed by atoms with E-state index >= 15 is 0 Å². The van der Waals surface area contributed by atoms with Gasteiger partial charge in [0.2, 0.25) is 0 Å². The van der Waals surface area contributed by atoms with Gasteiger partial charge in [-0.1, -0.05) is 17.7 Å². The summed E-state index contributed by atoms with van der Waals surface area (Å²) < 4.78 is 0. The van der Waals surface area contributed by atoms with Crippen LogP contribution in [0.25, 0.3) is 0 Å². The summed E-state index contributed by atoms with van der Waals surface area (Å²) in [5, 5.41) is 2.91. The van der Waals surface area contributed by atoms with Crippen molar-refractivity contribution < 1.29 is 9.59 Å². The third-order valence-electron chi connectivity index (χ3n) is 4.07. The van der Waals surface area contributed by atoms with E-state index < -0.39 is 0 Å². The number of carbonyl (C=O) groups is 2. The van der Waals surface area contributed by atoms with Gasteiger partial charge in [-0.2, -0.15) is 0 Å². The van der Waals surface area contributed by atoms with Crippen LogP contribution in [0, 0.1) is 13.8 Å². The SMILES string of the molecule is CCN(CC)C(=O)c1ccc(C(=O)Nc2ccc(C)cc2C)cc1. The van der Waals surface area contributed by atoms with Crippen LogP contribution in [0.2, 0.25) is 0 Å². The summed E-state index contributed by atoms with van der Waals surface area (Å²) in [6.45, 7) is 9.23.